The molecule has 0 radical (unpaired) electrons. The average molecular weight is 314 g/mol. The molecular weight excluding hydrogens is 310 g/mol. The van der Waals surface area contributed by atoms with Gasteiger partial charge in [0.2, 0.25) is 0 Å². The topological polar surface area (TPSA) is 52.2 Å². The lowest BCUT2D eigenvalue weighted by Crippen LogP contribution is -2.01. The monoisotopic (exact) mass is 312 g/mol. The van der Waals surface area contributed by atoms with Gasteiger partial charge in [-0.15, -0.1) is 0 Å². The molecule has 0 spiro atoms. The van der Waals surface area contributed by atoms with Gasteiger partial charge in [-0.25, -0.2) is 0 Å². The van der Waals surface area contributed by atoms with Crippen LogP contribution in [-0.2, 0) is 11.3 Å². The summed E-state index contributed by atoms with van der Waals surface area (Å²) in [6.45, 7) is 0. The molecule has 1 atom stereocenters. The Labute approximate surface area is 89.2 Å². The maximum Gasteiger partial charge on any atom is 0.0474 e. The maximum atomic E-state index is 10.2. The molecule has 0 aliphatic rings. The summed E-state index contributed by atoms with van der Waals surface area (Å²) in [7, 11) is 0. The third-order valence-corrected chi connectivity index (χ3v) is 2.38. The normalized spacial score (nSPS) is 12.6. The molecule has 1 aromatic carbocycles. The van der Waals surface area contributed by atoms with Crippen molar-refractivity contribution in [2.45, 2.75) is 0 Å². The van der Waals surface area contributed by atoms with E-state index >= 15 is 0 Å². The number of hydrogen-bond acceptors (Lipinski definition) is 2. The van der Waals surface area contributed by atoms with Gasteiger partial charge in [0.1, 0.15) is 0 Å². The molecule has 12 heavy (non-hydrogen) atoms. The van der Waals surface area contributed by atoms with E-state index in [0.29, 0.717) is 5.69 Å². The van der Waals surface area contributed by atoms with Gasteiger partial charge in [0.25, 0.3) is 0 Å². The summed E-state index contributed by atoms with van der Waals surface area (Å²) in [6, 6.07) is 5.15. The molecule has 0 fully saturated rings. The molecule has 0 saturated heterocycles. The van der Waals surface area contributed by atoms with E-state index in [-0.39, 0.29) is 0 Å². The molecule has 6 heteroatoms. The standard InChI is InChI=1S/C6H5Br2NO2S/c7-4-1-5(8)3-6(2-4)9-12(10)11/h1-3,9H,(H,10,11)/p-1. The van der Waals surface area contributed by atoms with Crippen LogP contribution in [0, 0.1) is 0 Å². The highest BCUT2D eigenvalue weighted by Gasteiger charge is 1.95. The Kier molecular flexibility index (Phi) is 3.70. The first-order valence-electron chi connectivity index (χ1n) is 2.90. The van der Waals surface area contributed by atoms with Crippen LogP contribution in [0.5, 0.6) is 0 Å². The minimum absolute atomic E-state index is 0.518. The zero-order valence-electron chi connectivity index (χ0n) is 5.71. The van der Waals surface area contributed by atoms with Crippen molar-refractivity contribution >= 4 is 48.8 Å². The van der Waals surface area contributed by atoms with E-state index in [1.165, 1.54) is 0 Å². The second-order valence-corrected chi connectivity index (χ2v) is 4.50. The number of anilines is 1. The smallest absolute Gasteiger partial charge is 0.0474 e. The lowest BCUT2D eigenvalue weighted by atomic mass is 10.3. The first kappa shape index (κ1) is 10.2. The third kappa shape index (κ3) is 3.22. The maximum absolute atomic E-state index is 10.2. The van der Waals surface area contributed by atoms with Crippen LogP contribution in [0.4, 0.5) is 5.69 Å². The van der Waals surface area contributed by atoms with Crippen molar-refractivity contribution in [1.29, 1.82) is 0 Å². The lowest BCUT2D eigenvalue weighted by molar-refractivity contribution is 0.542. The van der Waals surface area contributed by atoms with E-state index in [4.69, 9.17) is 0 Å². The minimum Gasteiger partial charge on any atom is -0.755 e. The summed E-state index contributed by atoms with van der Waals surface area (Å²) in [5.41, 5.74) is 0.518. The molecule has 1 unspecified atom stereocenters. The van der Waals surface area contributed by atoms with Gasteiger partial charge in [-0.3, -0.25) is 4.21 Å². The Morgan fingerprint density at radius 1 is 1.25 bits per heavy atom. The predicted octanol–water partition coefficient (Wildman–Crippen LogP) is 2.42. The predicted molar refractivity (Wildman–Crippen MR) is 54.4 cm³/mol. The van der Waals surface area contributed by atoms with E-state index in [1.807, 2.05) is 6.07 Å². The molecule has 66 valence electrons. The van der Waals surface area contributed by atoms with Crippen LogP contribution in [0.1, 0.15) is 0 Å². The third-order valence-electron chi connectivity index (χ3n) is 1.06. The van der Waals surface area contributed by atoms with Gasteiger partial charge >= 0.3 is 0 Å². The molecule has 0 aromatic heterocycles. The van der Waals surface area contributed by atoms with Gasteiger partial charge in [0.15, 0.2) is 0 Å². The van der Waals surface area contributed by atoms with Gasteiger partial charge in [-0.1, -0.05) is 31.9 Å². The molecule has 3 nitrogen and oxygen atoms in total. The minimum atomic E-state index is -2.27. The number of nitrogens with one attached hydrogen (secondary N) is 1. The largest absolute Gasteiger partial charge is 0.755 e. The zero-order chi connectivity index (χ0) is 9.14. The quantitative estimate of drug-likeness (QED) is 0.853. The number of halogens is 2. The van der Waals surface area contributed by atoms with Crippen molar-refractivity contribution in [3.05, 3.63) is 27.1 Å². The molecular formula is C6H4Br2NO2S-. The molecule has 1 N–H and O–H groups in total. The molecule has 0 aliphatic carbocycles. The fraction of sp³-hybridized carbons (Fsp3) is 0. The van der Waals surface area contributed by atoms with E-state index in [1.54, 1.807) is 12.1 Å². The number of rotatable bonds is 2. The van der Waals surface area contributed by atoms with E-state index in [2.05, 4.69) is 36.6 Å². The second kappa shape index (κ2) is 4.36. The van der Waals surface area contributed by atoms with E-state index < -0.39 is 11.3 Å². The highest BCUT2D eigenvalue weighted by molar-refractivity contribution is 9.11. The van der Waals surface area contributed by atoms with Crippen LogP contribution in [0.15, 0.2) is 27.1 Å². The van der Waals surface area contributed by atoms with Crippen molar-refractivity contribution in [2.24, 2.45) is 0 Å². The van der Waals surface area contributed by atoms with Gasteiger partial charge in [-0.2, -0.15) is 0 Å². The van der Waals surface area contributed by atoms with Crippen molar-refractivity contribution in [1.82, 2.24) is 0 Å². The van der Waals surface area contributed by atoms with Crippen LogP contribution in [0.25, 0.3) is 0 Å². The second-order valence-electron chi connectivity index (χ2n) is 1.99. The molecule has 0 aliphatic heterocycles. The van der Waals surface area contributed by atoms with Crippen molar-refractivity contribution in [3.63, 3.8) is 0 Å². The summed E-state index contributed by atoms with van der Waals surface area (Å²) < 4.78 is 24.4. The zero-order valence-corrected chi connectivity index (χ0v) is 9.70. The SMILES string of the molecule is O=S([O-])Nc1cc(Br)cc(Br)c1. The Morgan fingerprint density at radius 3 is 2.17 bits per heavy atom. The van der Waals surface area contributed by atoms with Crippen molar-refractivity contribution in [2.75, 3.05) is 4.72 Å². The Morgan fingerprint density at radius 2 is 1.75 bits per heavy atom. The highest BCUT2D eigenvalue weighted by Crippen LogP contribution is 2.23. The van der Waals surface area contributed by atoms with Crippen molar-refractivity contribution < 1.29 is 8.76 Å². The van der Waals surface area contributed by atoms with Crippen molar-refractivity contribution in [3.8, 4) is 0 Å². The lowest BCUT2D eigenvalue weighted by Gasteiger charge is -2.08. The molecule has 0 bridgehead atoms. The van der Waals surface area contributed by atoms with Gasteiger partial charge < -0.3 is 9.27 Å². The summed E-state index contributed by atoms with van der Waals surface area (Å²) in [4.78, 5) is 0. The Balaban J connectivity index is 2.93. The molecule has 0 heterocycles. The molecule has 0 saturated carbocycles. The van der Waals surface area contributed by atoms with Gasteiger partial charge in [0, 0.05) is 25.9 Å². The summed E-state index contributed by atoms with van der Waals surface area (Å²) in [6.07, 6.45) is 0. The molecule has 0 amide bonds. The summed E-state index contributed by atoms with van der Waals surface area (Å²) >= 11 is 4.19. The van der Waals surface area contributed by atoms with Gasteiger partial charge in [-0.05, 0) is 18.2 Å². The number of benzene rings is 1. The van der Waals surface area contributed by atoms with E-state index in [0.717, 1.165) is 8.95 Å². The first-order valence-corrected chi connectivity index (χ1v) is 5.56. The average Bonchev–Trinajstić information content (AvgIpc) is 1.81. The molecule has 1 aromatic rings. The molecule has 1 rings (SSSR count). The Bertz CT molecular complexity index is 298. The highest BCUT2D eigenvalue weighted by atomic mass is 79.9. The summed E-state index contributed by atoms with van der Waals surface area (Å²) in [5, 5.41) is 0. The van der Waals surface area contributed by atoms with Crippen LogP contribution in [-0.4, -0.2) is 8.76 Å². The Hall–Kier alpha value is 0.0900. The van der Waals surface area contributed by atoms with Gasteiger partial charge in [0.05, 0.1) is 0 Å². The number of hydrogen-bond donors (Lipinski definition) is 1. The fourth-order valence-electron chi connectivity index (χ4n) is 0.709. The van der Waals surface area contributed by atoms with Crippen LogP contribution >= 0.6 is 31.9 Å². The van der Waals surface area contributed by atoms with Crippen LogP contribution in [0.3, 0.4) is 0 Å². The van der Waals surface area contributed by atoms with Crippen LogP contribution in [0.2, 0.25) is 0 Å². The van der Waals surface area contributed by atoms with Crippen LogP contribution < -0.4 is 4.72 Å². The summed E-state index contributed by atoms with van der Waals surface area (Å²) in [5.74, 6) is 0. The van der Waals surface area contributed by atoms with E-state index in [9.17, 15) is 8.76 Å². The first-order chi connectivity index (χ1) is 5.58. The fourth-order valence-corrected chi connectivity index (χ4v) is 2.31.